The second-order valence-electron chi connectivity index (χ2n) is 5.53. The summed E-state index contributed by atoms with van der Waals surface area (Å²) in [5, 5.41) is 12.5. The summed E-state index contributed by atoms with van der Waals surface area (Å²) < 4.78 is 0.814. The zero-order chi connectivity index (χ0) is 13.9. The fourth-order valence-corrected chi connectivity index (χ4v) is 3.36. The molecule has 0 bridgehead atoms. The molecule has 2 rings (SSSR count). The van der Waals surface area contributed by atoms with Crippen LogP contribution in [0.15, 0.2) is 22.7 Å². The zero-order valence-electron chi connectivity index (χ0n) is 11.2. The molecular formula is C15H20BrNO2. The van der Waals surface area contributed by atoms with Crippen LogP contribution < -0.4 is 5.32 Å². The number of rotatable bonds is 4. The SMILES string of the molecule is Cc1ccc(C(=O)NCC2(CO)CCCC2)c(Br)c1. The van der Waals surface area contributed by atoms with E-state index in [0.717, 1.165) is 35.7 Å². The number of benzene rings is 1. The molecule has 0 saturated heterocycles. The molecule has 0 heterocycles. The lowest BCUT2D eigenvalue weighted by molar-refractivity contribution is 0.0880. The molecule has 1 saturated carbocycles. The van der Waals surface area contributed by atoms with Crippen molar-refractivity contribution in [2.45, 2.75) is 32.6 Å². The normalized spacial score (nSPS) is 17.4. The molecule has 3 nitrogen and oxygen atoms in total. The minimum absolute atomic E-state index is 0.0772. The molecule has 4 heteroatoms. The summed E-state index contributed by atoms with van der Waals surface area (Å²) in [6, 6.07) is 5.69. The van der Waals surface area contributed by atoms with Crippen molar-refractivity contribution in [2.75, 3.05) is 13.2 Å². The zero-order valence-corrected chi connectivity index (χ0v) is 12.8. The maximum absolute atomic E-state index is 12.2. The fraction of sp³-hybridized carbons (Fsp3) is 0.533. The molecule has 0 radical (unpaired) electrons. The third kappa shape index (κ3) is 3.37. The van der Waals surface area contributed by atoms with Crippen LogP contribution in [-0.4, -0.2) is 24.2 Å². The fourth-order valence-electron chi connectivity index (χ4n) is 2.68. The average molecular weight is 326 g/mol. The van der Waals surface area contributed by atoms with Gasteiger partial charge in [-0.25, -0.2) is 0 Å². The van der Waals surface area contributed by atoms with E-state index in [1.807, 2.05) is 25.1 Å². The third-order valence-corrected chi connectivity index (χ3v) is 4.65. The van der Waals surface area contributed by atoms with E-state index in [2.05, 4.69) is 21.2 Å². The van der Waals surface area contributed by atoms with Crippen molar-refractivity contribution >= 4 is 21.8 Å². The molecule has 1 aliphatic rings. The van der Waals surface area contributed by atoms with Crippen LogP contribution in [0.3, 0.4) is 0 Å². The number of hydrogen-bond acceptors (Lipinski definition) is 2. The molecule has 1 aromatic carbocycles. The summed E-state index contributed by atoms with van der Waals surface area (Å²) >= 11 is 3.42. The highest BCUT2D eigenvalue weighted by Gasteiger charge is 2.33. The topological polar surface area (TPSA) is 49.3 Å². The standard InChI is InChI=1S/C15H20BrNO2/c1-11-4-5-12(13(16)8-11)14(19)17-9-15(10-18)6-2-3-7-15/h4-5,8,18H,2-3,6-7,9-10H2,1H3,(H,17,19). The van der Waals surface area contributed by atoms with Crippen LogP contribution in [0.2, 0.25) is 0 Å². The van der Waals surface area contributed by atoms with Gasteiger partial charge in [0, 0.05) is 16.4 Å². The van der Waals surface area contributed by atoms with E-state index in [1.165, 1.54) is 0 Å². The van der Waals surface area contributed by atoms with E-state index in [4.69, 9.17) is 0 Å². The highest BCUT2D eigenvalue weighted by Crippen LogP contribution is 2.37. The van der Waals surface area contributed by atoms with Crippen molar-refractivity contribution in [3.63, 3.8) is 0 Å². The molecule has 104 valence electrons. The maximum atomic E-state index is 12.2. The summed E-state index contributed by atoms with van der Waals surface area (Å²) in [6.07, 6.45) is 4.28. The van der Waals surface area contributed by atoms with E-state index >= 15 is 0 Å². The smallest absolute Gasteiger partial charge is 0.252 e. The van der Waals surface area contributed by atoms with Crippen LogP contribution >= 0.6 is 15.9 Å². The van der Waals surface area contributed by atoms with Crippen molar-refractivity contribution in [2.24, 2.45) is 5.41 Å². The van der Waals surface area contributed by atoms with Crippen molar-refractivity contribution in [1.82, 2.24) is 5.32 Å². The molecule has 0 atom stereocenters. The molecule has 0 aromatic heterocycles. The molecule has 1 aliphatic carbocycles. The van der Waals surface area contributed by atoms with Crippen LogP contribution in [-0.2, 0) is 0 Å². The maximum Gasteiger partial charge on any atom is 0.252 e. The van der Waals surface area contributed by atoms with E-state index in [-0.39, 0.29) is 17.9 Å². The van der Waals surface area contributed by atoms with Gasteiger partial charge in [0.2, 0.25) is 0 Å². The largest absolute Gasteiger partial charge is 0.396 e. The van der Waals surface area contributed by atoms with E-state index in [0.29, 0.717) is 12.1 Å². The number of aryl methyl sites for hydroxylation is 1. The van der Waals surface area contributed by atoms with Gasteiger partial charge in [0.05, 0.1) is 12.2 Å². The lowest BCUT2D eigenvalue weighted by Crippen LogP contribution is -2.38. The first-order chi connectivity index (χ1) is 9.06. The minimum atomic E-state index is -0.104. The van der Waals surface area contributed by atoms with E-state index in [1.54, 1.807) is 0 Å². The predicted octanol–water partition coefficient (Wildman–Crippen LogP) is 3.04. The summed E-state index contributed by atoms with van der Waals surface area (Å²) in [4.78, 5) is 12.2. The first-order valence-corrected chi connectivity index (χ1v) is 7.51. The lowest BCUT2D eigenvalue weighted by atomic mass is 9.87. The Kier molecular flexibility index (Phi) is 4.63. The molecule has 2 N–H and O–H groups in total. The molecule has 0 unspecified atom stereocenters. The van der Waals surface area contributed by atoms with Crippen molar-refractivity contribution in [1.29, 1.82) is 0 Å². The number of aliphatic hydroxyl groups is 1. The lowest BCUT2D eigenvalue weighted by Gasteiger charge is -2.26. The van der Waals surface area contributed by atoms with E-state index < -0.39 is 0 Å². The molecular weight excluding hydrogens is 306 g/mol. The number of carbonyl (C=O) groups is 1. The van der Waals surface area contributed by atoms with E-state index in [9.17, 15) is 9.90 Å². The van der Waals surface area contributed by atoms with Crippen LogP contribution in [0.5, 0.6) is 0 Å². The number of carbonyl (C=O) groups excluding carboxylic acids is 1. The minimum Gasteiger partial charge on any atom is -0.396 e. The van der Waals surface area contributed by atoms with Crippen molar-refractivity contribution in [3.8, 4) is 0 Å². The molecule has 1 amide bonds. The van der Waals surface area contributed by atoms with Crippen LogP contribution in [0.1, 0.15) is 41.6 Å². The summed E-state index contributed by atoms with van der Waals surface area (Å²) in [7, 11) is 0. The van der Waals surface area contributed by atoms with Gasteiger partial charge in [0.1, 0.15) is 0 Å². The van der Waals surface area contributed by atoms with Gasteiger partial charge in [-0.05, 0) is 53.4 Å². The Balaban J connectivity index is 2.01. The average Bonchev–Trinajstić information content (AvgIpc) is 2.85. The second-order valence-corrected chi connectivity index (χ2v) is 6.39. The highest BCUT2D eigenvalue weighted by atomic mass is 79.9. The Morgan fingerprint density at radius 2 is 2.11 bits per heavy atom. The Labute approximate surface area is 122 Å². The summed E-state index contributed by atoms with van der Waals surface area (Å²) in [5.74, 6) is -0.0772. The number of hydrogen-bond donors (Lipinski definition) is 2. The molecule has 19 heavy (non-hydrogen) atoms. The first kappa shape index (κ1) is 14.5. The van der Waals surface area contributed by atoms with Gasteiger partial charge in [-0.1, -0.05) is 18.9 Å². The molecule has 0 aliphatic heterocycles. The van der Waals surface area contributed by atoms with Crippen LogP contribution in [0.25, 0.3) is 0 Å². The number of amides is 1. The van der Waals surface area contributed by atoms with Crippen LogP contribution in [0.4, 0.5) is 0 Å². The second kappa shape index (κ2) is 6.06. The first-order valence-electron chi connectivity index (χ1n) is 6.72. The summed E-state index contributed by atoms with van der Waals surface area (Å²) in [6.45, 7) is 2.71. The van der Waals surface area contributed by atoms with Gasteiger partial charge >= 0.3 is 0 Å². The van der Waals surface area contributed by atoms with Gasteiger partial charge in [0.15, 0.2) is 0 Å². The van der Waals surface area contributed by atoms with Gasteiger partial charge in [-0.2, -0.15) is 0 Å². The quantitative estimate of drug-likeness (QED) is 0.893. The Bertz CT molecular complexity index is 467. The number of halogens is 1. The van der Waals surface area contributed by atoms with Crippen LogP contribution in [0, 0.1) is 12.3 Å². The number of nitrogens with one attached hydrogen (secondary N) is 1. The molecule has 1 aromatic rings. The highest BCUT2D eigenvalue weighted by molar-refractivity contribution is 9.10. The predicted molar refractivity (Wildman–Crippen MR) is 79.2 cm³/mol. The number of aliphatic hydroxyl groups excluding tert-OH is 1. The van der Waals surface area contributed by atoms with Crippen molar-refractivity contribution < 1.29 is 9.90 Å². The Hall–Kier alpha value is -0.870. The van der Waals surface area contributed by atoms with Gasteiger partial charge in [-0.3, -0.25) is 4.79 Å². The van der Waals surface area contributed by atoms with Gasteiger partial charge < -0.3 is 10.4 Å². The van der Waals surface area contributed by atoms with Gasteiger partial charge in [0.25, 0.3) is 5.91 Å². The Morgan fingerprint density at radius 3 is 2.68 bits per heavy atom. The molecule has 1 fully saturated rings. The Morgan fingerprint density at radius 1 is 1.42 bits per heavy atom. The summed E-state index contributed by atoms with van der Waals surface area (Å²) in [5.41, 5.74) is 1.66. The monoisotopic (exact) mass is 325 g/mol. The third-order valence-electron chi connectivity index (χ3n) is 3.99. The molecule has 0 spiro atoms. The van der Waals surface area contributed by atoms with Gasteiger partial charge in [-0.15, -0.1) is 0 Å². The van der Waals surface area contributed by atoms with Crippen molar-refractivity contribution in [3.05, 3.63) is 33.8 Å².